The van der Waals surface area contributed by atoms with Gasteiger partial charge in [-0.1, -0.05) is 45.9 Å². The number of aryl methyl sites for hydroxylation is 1. The third-order valence-corrected chi connectivity index (χ3v) is 2.35. The summed E-state index contributed by atoms with van der Waals surface area (Å²) in [7, 11) is 0. The molecule has 0 aliphatic heterocycles. The molecule has 0 spiro atoms. The van der Waals surface area contributed by atoms with Gasteiger partial charge in [-0.3, -0.25) is 4.79 Å². The van der Waals surface area contributed by atoms with Gasteiger partial charge in [0.1, 0.15) is 5.75 Å². The average molecular weight is 238 g/mol. The molecule has 0 bridgehead atoms. The maximum atomic E-state index is 9.73. The lowest BCUT2D eigenvalue weighted by Crippen LogP contribution is -2.11. The number of aliphatic carboxylic acids is 1. The summed E-state index contributed by atoms with van der Waals surface area (Å²) in [5, 5.41) is 17.5. The summed E-state index contributed by atoms with van der Waals surface area (Å²) in [6.45, 7) is 9.82. The highest BCUT2D eigenvalue weighted by Crippen LogP contribution is 2.32. The zero-order valence-electron chi connectivity index (χ0n) is 11.2. The Bertz CT molecular complexity index is 376. The van der Waals surface area contributed by atoms with Crippen molar-refractivity contribution in [2.45, 2.75) is 46.5 Å². The second kappa shape index (κ2) is 6.28. The molecule has 0 radical (unpaired) electrons. The number of carbonyl (C=O) groups is 1. The molecule has 96 valence electrons. The van der Waals surface area contributed by atoms with Crippen molar-refractivity contribution in [1.82, 2.24) is 0 Å². The Morgan fingerprint density at radius 3 is 2.06 bits per heavy atom. The Morgan fingerprint density at radius 2 is 1.76 bits per heavy atom. The zero-order chi connectivity index (χ0) is 13.6. The Hall–Kier alpha value is -1.51. The number of benzene rings is 1. The molecule has 3 heteroatoms. The highest BCUT2D eigenvalue weighted by Gasteiger charge is 2.18. The molecular formula is C14H22O3. The highest BCUT2D eigenvalue weighted by atomic mass is 16.4. The molecule has 0 saturated carbocycles. The van der Waals surface area contributed by atoms with E-state index in [0.29, 0.717) is 5.75 Å². The van der Waals surface area contributed by atoms with E-state index in [9.17, 15) is 9.90 Å². The van der Waals surface area contributed by atoms with Crippen molar-refractivity contribution in [3.05, 3.63) is 29.3 Å². The van der Waals surface area contributed by atoms with Gasteiger partial charge in [0.05, 0.1) is 0 Å². The molecule has 2 N–H and O–H groups in total. The van der Waals surface area contributed by atoms with Crippen molar-refractivity contribution in [3.63, 3.8) is 0 Å². The Labute approximate surface area is 103 Å². The third kappa shape index (κ3) is 5.38. The van der Waals surface area contributed by atoms with Crippen LogP contribution in [0.5, 0.6) is 5.75 Å². The number of phenolic OH excluding ortho intramolecular Hbond substituents is 1. The van der Waals surface area contributed by atoms with Gasteiger partial charge in [0, 0.05) is 6.42 Å². The van der Waals surface area contributed by atoms with E-state index in [2.05, 4.69) is 20.8 Å². The number of rotatable bonds is 1. The minimum Gasteiger partial charge on any atom is -0.507 e. The number of para-hydroxylation sites is 1. The van der Waals surface area contributed by atoms with Crippen LogP contribution in [0.1, 0.15) is 45.2 Å². The number of carboxylic acids is 1. The lowest BCUT2D eigenvalue weighted by Gasteiger charge is -2.20. The predicted octanol–water partition coefficient (Wildman–Crippen LogP) is 3.48. The highest BCUT2D eigenvalue weighted by molar-refractivity contribution is 5.66. The molecule has 3 nitrogen and oxygen atoms in total. The van der Waals surface area contributed by atoms with E-state index >= 15 is 0 Å². The van der Waals surface area contributed by atoms with Gasteiger partial charge in [0.25, 0.3) is 0 Å². The lowest BCUT2D eigenvalue weighted by molar-refractivity contribution is -0.136. The molecule has 17 heavy (non-hydrogen) atoms. The Balaban J connectivity index is 0.000000437. The molecule has 0 aromatic heterocycles. The molecule has 0 aliphatic rings. The standard InChI is InChI=1S/C11H16O.C3H6O2/c1-8-6-5-7-9(10(8)12)11(2,3)4;1-2-3(4)5/h5-7,12H,1-4H3;2H2,1H3,(H,4,5). The number of carboxylic acid groups (broad SMARTS) is 1. The summed E-state index contributed by atoms with van der Waals surface area (Å²) in [5.41, 5.74) is 1.99. The first-order chi connectivity index (χ1) is 7.70. The molecule has 0 amide bonds. The van der Waals surface area contributed by atoms with Crippen LogP contribution in [-0.2, 0) is 10.2 Å². The monoisotopic (exact) mass is 238 g/mol. The fourth-order valence-corrected chi connectivity index (χ4v) is 1.26. The molecule has 0 fully saturated rings. The number of hydrogen-bond acceptors (Lipinski definition) is 2. The van der Waals surface area contributed by atoms with Crippen molar-refractivity contribution < 1.29 is 15.0 Å². The van der Waals surface area contributed by atoms with Crippen LogP contribution < -0.4 is 0 Å². The predicted molar refractivity (Wildman–Crippen MR) is 69.5 cm³/mol. The Morgan fingerprint density at radius 1 is 1.29 bits per heavy atom. The van der Waals surface area contributed by atoms with Crippen molar-refractivity contribution in [2.24, 2.45) is 0 Å². The van der Waals surface area contributed by atoms with Gasteiger partial charge < -0.3 is 10.2 Å². The fraction of sp³-hybridized carbons (Fsp3) is 0.500. The van der Waals surface area contributed by atoms with Crippen molar-refractivity contribution >= 4 is 5.97 Å². The van der Waals surface area contributed by atoms with Crippen LogP contribution in [0.4, 0.5) is 0 Å². The number of hydrogen-bond donors (Lipinski definition) is 2. The van der Waals surface area contributed by atoms with E-state index in [4.69, 9.17) is 5.11 Å². The number of phenols is 1. The second-order valence-electron chi connectivity index (χ2n) is 4.97. The van der Waals surface area contributed by atoms with E-state index in [0.717, 1.165) is 11.1 Å². The maximum Gasteiger partial charge on any atom is 0.303 e. The van der Waals surface area contributed by atoms with Gasteiger partial charge >= 0.3 is 5.97 Å². The van der Waals surface area contributed by atoms with E-state index in [1.54, 1.807) is 6.92 Å². The minimum atomic E-state index is -0.745. The fourth-order valence-electron chi connectivity index (χ4n) is 1.26. The third-order valence-electron chi connectivity index (χ3n) is 2.35. The first-order valence-electron chi connectivity index (χ1n) is 5.71. The maximum absolute atomic E-state index is 9.73. The molecule has 1 rings (SSSR count). The molecule has 0 saturated heterocycles. The lowest BCUT2D eigenvalue weighted by atomic mass is 9.85. The van der Waals surface area contributed by atoms with Crippen LogP contribution >= 0.6 is 0 Å². The van der Waals surface area contributed by atoms with Crippen LogP contribution in [0.2, 0.25) is 0 Å². The van der Waals surface area contributed by atoms with Crippen molar-refractivity contribution in [1.29, 1.82) is 0 Å². The molecule has 0 atom stereocenters. The van der Waals surface area contributed by atoms with Gasteiger partial charge in [0.15, 0.2) is 0 Å². The molecule has 1 aromatic rings. The minimum absolute atomic E-state index is 0.0239. The number of aromatic hydroxyl groups is 1. The van der Waals surface area contributed by atoms with Crippen LogP contribution in [0.25, 0.3) is 0 Å². The molecular weight excluding hydrogens is 216 g/mol. The topological polar surface area (TPSA) is 57.5 Å². The van der Waals surface area contributed by atoms with Crippen molar-refractivity contribution in [3.8, 4) is 5.75 Å². The summed E-state index contributed by atoms with van der Waals surface area (Å²) in [5.74, 6) is -0.310. The van der Waals surface area contributed by atoms with Gasteiger partial charge in [-0.05, 0) is 23.5 Å². The summed E-state index contributed by atoms with van der Waals surface area (Å²) >= 11 is 0. The second-order valence-corrected chi connectivity index (χ2v) is 4.97. The van der Waals surface area contributed by atoms with Gasteiger partial charge in [-0.15, -0.1) is 0 Å². The summed E-state index contributed by atoms with van der Waals surface area (Å²) in [4.78, 5) is 9.37. The van der Waals surface area contributed by atoms with Gasteiger partial charge in [0.2, 0.25) is 0 Å². The summed E-state index contributed by atoms with van der Waals surface area (Å²) in [6, 6.07) is 5.88. The SMILES string of the molecule is CCC(=O)O.Cc1cccc(C(C)(C)C)c1O. The van der Waals surface area contributed by atoms with Crippen molar-refractivity contribution in [2.75, 3.05) is 0 Å². The molecule has 0 unspecified atom stereocenters. The largest absolute Gasteiger partial charge is 0.507 e. The summed E-state index contributed by atoms with van der Waals surface area (Å²) in [6.07, 6.45) is 0.222. The molecule has 0 aliphatic carbocycles. The van der Waals surface area contributed by atoms with Gasteiger partial charge in [-0.25, -0.2) is 0 Å². The normalized spacial score (nSPS) is 10.4. The molecule has 0 heterocycles. The van der Waals surface area contributed by atoms with Gasteiger partial charge in [-0.2, -0.15) is 0 Å². The first kappa shape index (κ1) is 15.5. The summed E-state index contributed by atoms with van der Waals surface area (Å²) < 4.78 is 0. The first-order valence-corrected chi connectivity index (χ1v) is 5.71. The van der Waals surface area contributed by atoms with Crippen LogP contribution in [-0.4, -0.2) is 16.2 Å². The zero-order valence-corrected chi connectivity index (χ0v) is 11.2. The quantitative estimate of drug-likeness (QED) is 0.787. The average Bonchev–Trinajstić information content (AvgIpc) is 2.21. The van der Waals surface area contributed by atoms with E-state index in [-0.39, 0.29) is 11.8 Å². The smallest absolute Gasteiger partial charge is 0.303 e. The van der Waals surface area contributed by atoms with Crippen LogP contribution in [0, 0.1) is 6.92 Å². The Kier molecular flexibility index (Phi) is 5.72. The van der Waals surface area contributed by atoms with E-state index < -0.39 is 5.97 Å². The van der Waals surface area contributed by atoms with Crippen LogP contribution in [0.3, 0.4) is 0 Å². The van der Waals surface area contributed by atoms with E-state index in [1.807, 2.05) is 25.1 Å². The molecule has 1 aromatic carbocycles. The van der Waals surface area contributed by atoms with Crippen LogP contribution in [0.15, 0.2) is 18.2 Å². The van der Waals surface area contributed by atoms with E-state index in [1.165, 1.54) is 0 Å².